The Bertz CT molecular complexity index is 709. The number of allylic oxidation sites excluding steroid dienone is 1. The zero-order valence-corrected chi connectivity index (χ0v) is 15.3. The molecule has 1 aromatic heterocycles. The van der Waals surface area contributed by atoms with Crippen molar-refractivity contribution in [3.8, 4) is 0 Å². The smallest absolute Gasteiger partial charge is 0.244 e. The van der Waals surface area contributed by atoms with Crippen molar-refractivity contribution in [1.29, 1.82) is 0 Å². The highest BCUT2D eigenvalue weighted by Gasteiger charge is 2.51. The summed E-state index contributed by atoms with van der Waals surface area (Å²) in [5.41, 5.74) is 1.59. The third-order valence-electron chi connectivity index (χ3n) is 6.62. The molecule has 0 atom stereocenters. The van der Waals surface area contributed by atoms with Gasteiger partial charge in [-0.15, -0.1) is 0 Å². The van der Waals surface area contributed by atoms with Crippen LogP contribution in [0.5, 0.6) is 0 Å². The Morgan fingerprint density at radius 1 is 1.33 bits per heavy atom. The minimum atomic E-state index is -0.0165. The molecule has 1 heterocycles. The van der Waals surface area contributed by atoms with Gasteiger partial charge in [0.25, 0.3) is 0 Å². The molecule has 24 heavy (non-hydrogen) atoms. The van der Waals surface area contributed by atoms with Crippen molar-refractivity contribution in [1.82, 2.24) is 20.1 Å². The summed E-state index contributed by atoms with van der Waals surface area (Å²) >= 11 is 5.09. The van der Waals surface area contributed by atoms with Crippen molar-refractivity contribution >= 4 is 18.1 Å². The fourth-order valence-corrected chi connectivity index (χ4v) is 5.85. The van der Waals surface area contributed by atoms with E-state index in [0.717, 1.165) is 23.6 Å². The maximum Gasteiger partial charge on any atom is 0.244 e. The Morgan fingerprint density at radius 3 is 2.42 bits per heavy atom. The van der Waals surface area contributed by atoms with Crippen molar-refractivity contribution in [2.45, 2.75) is 52.0 Å². The van der Waals surface area contributed by atoms with Gasteiger partial charge in [0.1, 0.15) is 0 Å². The number of rotatable bonds is 4. The highest BCUT2D eigenvalue weighted by molar-refractivity contribution is 7.71. The molecule has 0 aliphatic heterocycles. The fourth-order valence-electron chi connectivity index (χ4n) is 5.70. The first-order valence-corrected chi connectivity index (χ1v) is 9.43. The van der Waals surface area contributed by atoms with Gasteiger partial charge in [-0.1, -0.05) is 5.57 Å². The molecule has 5 rings (SSSR count). The number of H-pyrrole nitrogens is 1. The van der Waals surface area contributed by atoms with Crippen LogP contribution >= 0.6 is 12.2 Å². The number of carbonyl (C=O) groups excluding carboxylic acids is 1. The van der Waals surface area contributed by atoms with Crippen LogP contribution in [-0.4, -0.2) is 20.7 Å². The first kappa shape index (κ1) is 16.1. The van der Waals surface area contributed by atoms with Gasteiger partial charge in [-0.05, 0) is 80.8 Å². The fraction of sp³-hybridized carbons (Fsp3) is 0.722. The van der Waals surface area contributed by atoms with Crippen LogP contribution < -0.4 is 5.32 Å². The van der Waals surface area contributed by atoms with E-state index in [1.54, 1.807) is 4.57 Å². The molecule has 0 saturated heterocycles. The molecule has 4 saturated carbocycles. The van der Waals surface area contributed by atoms with Crippen LogP contribution in [0, 0.1) is 27.9 Å². The molecule has 4 aliphatic rings. The summed E-state index contributed by atoms with van der Waals surface area (Å²) in [5, 5.41) is 9.82. The minimum Gasteiger partial charge on any atom is -0.345 e. The average molecular weight is 347 g/mol. The lowest BCUT2D eigenvalue weighted by Crippen LogP contribution is -2.46. The largest absolute Gasteiger partial charge is 0.345 e. The number of nitrogens with zero attached hydrogens (tertiary/aromatic N) is 2. The van der Waals surface area contributed by atoms with Crippen LogP contribution in [-0.2, 0) is 18.4 Å². The van der Waals surface area contributed by atoms with Crippen LogP contribution in [0.4, 0.5) is 0 Å². The second-order valence-electron chi connectivity index (χ2n) is 8.25. The molecule has 4 bridgehead atoms. The lowest BCUT2D eigenvalue weighted by molar-refractivity contribution is -0.117. The predicted molar refractivity (Wildman–Crippen MR) is 94.6 cm³/mol. The van der Waals surface area contributed by atoms with E-state index in [9.17, 15) is 4.79 Å². The molecule has 5 nitrogen and oxygen atoms in total. The molecule has 1 aromatic rings. The third kappa shape index (κ3) is 2.75. The van der Waals surface area contributed by atoms with Crippen molar-refractivity contribution in [3.05, 3.63) is 22.2 Å². The highest BCUT2D eigenvalue weighted by Crippen LogP contribution is 2.62. The number of nitrogens with one attached hydrogen (secondary N) is 2. The summed E-state index contributed by atoms with van der Waals surface area (Å²) in [5.74, 6) is 3.43. The molecule has 4 fully saturated rings. The van der Waals surface area contributed by atoms with Gasteiger partial charge in [-0.3, -0.25) is 9.89 Å². The zero-order chi connectivity index (χ0) is 16.9. The summed E-state index contributed by atoms with van der Waals surface area (Å²) in [6.07, 6.45) is 10.0. The molecular formula is C18H26N4OS. The normalized spacial score (nSPS) is 34.6. The summed E-state index contributed by atoms with van der Waals surface area (Å²) in [4.78, 5) is 12.4. The molecule has 0 aromatic carbocycles. The van der Waals surface area contributed by atoms with Gasteiger partial charge in [0, 0.05) is 13.1 Å². The topological polar surface area (TPSA) is 62.7 Å². The molecule has 1 amide bonds. The SMILES string of the molecule is C/C(=C\C(=O)NCc1n[nH]c(=S)n1C)C12CC3CC(CC(C3)C1)C2. The number of aromatic amines is 1. The van der Waals surface area contributed by atoms with Crippen molar-refractivity contribution in [3.63, 3.8) is 0 Å². The zero-order valence-electron chi connectivity index (χ0n) is 14.5. The number of aromatic nitrogens is 3. The van der Waals surface area contributed by atoms with E-state index in [-0.39, 0.29) is 5.91 Å². The van der Waals surface area contributed by atoms with Gasteiger partial charge in [-0.25, -0.2) is 0 Å². The Labute approximate surface area is 147 Å². The minimum absolute atomic E-state index is 0.0165. The van der Waals surface area contributed by atoms with Crippen LogP contribution in [0.25, 0.3) is 0 Å². The molecule has 130 valence electrons. The van der Waals surface area contributed by atoms with Gasteiger partial charge >= 0.3 is 0 Å². The van der Waals surface area contributed by atoms with Gasteiger partial charge in [0.2, 0.25) is 5.91 Å². The molecule has 0 unspecified atom stereocenters. The van der Waals surface area contributed by atoms with E-state index >= 15 is 0 Å². The van der Waals surface area contributed by atoms with Gasteiger partial charge in [0.05, 0.1) is 6.54 Å². The quantitative estimate of drug-likeness (QED) is 0.650. The van der Waals surface area contributed by atoms with Crippen LogP contribution in [0.1, 0.15) is 51.3 Å². The van der Waals surface area contributed by atoms with Crippen LogP contribution in [0.15, 0.2) is 11.6 Å². The second kappa shape index (κ2) is 5.83. The van der Waals surface area contributed by atoms with Gasteiger partial charge < -0.3 is 9.88 Å². The number of hydrogen-bond acceptors (Lipinski definition) is 3. The Kier molecular flexibility index (Phi) is 3.90. The molecule has 2 N–H and O–H groups in total. The van der Waals surface area contributed by atoms with Crippen LogP contribution in [0.2, 0.25) is 0 Å². The summed E-state index contributed by atoms with van der Waals surface area (Å²) < 4.78 is 2.35. The Balaban J connectivity index is 1.44. The van der Waals surface area contributed by atoms with E-state index in [2.05, 4.69) is 22.4 Å². The molecule has 0 radical (unpaired) electrons. The molecule has 0 spiro atoms. The first-order chi connectivity index (χ1) is 11.4. The summed E-state index contributed by atoms with van der Waals surface area (Å²) in [6.45, 7) is 2.57. The maximum absolute atomic E-state index is 12.4. The molecule has 6 heteroatoms. The Morgan fingerprint density at radius 2 is 1.92 bits per heavy atom. The van der Waals surface area contributed by atoms with E-state index in [1.165, 1.54) is 44.1 Å². The van der Waals surface area contributed by atoms with Crippen molar-refractivity contribution in [2.75, 3.05) is 0 Å². The molecular weight excluding hydrogens is 320 g/mol. The first-order valence-electron chi connectivity index (χ1n) is 9.02. The lowest BCUT2D eigenvalue weighted by atomic mass is 9.48. The lowest BCUT2D eigenvalue weighted by Gasteiger charge is -2.57. The van der Waals surface area contributed by atoms with Crippen molar-refractivity contribution < 1.29 is 4.79 Å². The monoisotopic (exact) mass is 346 g/mol. The standard InChI is InChI=1S/C18H26N4OS/c1-11(3-16(23)19-10-15-20-21-17(24)22(15)2)18-7-12-4-13(8-18)6-14(5-12)9-18/h3,12-14H,4-10H2,1-2H3,(H,19,23)(H,21,24)/b11-3+. The summed E-state index contributed by atoms with van der Waals surface area (Å²) in [7, 11) is 1.85. The van der Waals surface area contributed by atoms with Gasteiger partial charge in [-0.2, -0.15) is 5.10 Å². The van der Waals surface area contributed by atoms with Crippen LogP contribution in [0.3, 0.4) is 0 Å². The Hall–Kier alpha value is -1.43. The maximum atomic E-state index is 12.4. The molecule has 4 aliphatic carbocycles. The van der Waals surface area contributed by atoms with Gasteiger partial charge in [0.15, 0.2) is 10.6 Å². The predicted octanol–water partition coefficient (Wildman–Crippen LogP) is 3.26. The second-order valence-corrected chi connectivity index (χ2v) is 8.63. The van der Waals surface area contributed by atoms with E-state index in [0.29, 0.717) is 16.7 Å². The van der Waals surface area contributed by atoms with Crippen molar-refractivity contribution in [2.24, 2.45) is 30.2 Å². The highest BCUT2D eigenvalue weighted by atomic mass is 32.1. The van der Waals surface area contributed by atoms with E-state index in [1.807, 2.05) is 13.1 Å². The number of amides is 1. The third-order valence-corrected chi connectivity index (χ3v) is 6.98. The average Bonchev–Trinajstić information content (AvgIpc) is 2.83. The number of hydrogen-bond donors (Lipinski definition) is 2. The number of carbonyl (C=O) groups is 1. The van der Waals surface area contributed by atoms with E-state index in [4.69, 9.17) is 12.2 Å². The summed E-state index contributed by atoms with van der Waals surface area (Å²) in [6, 6.07) is 0. The van der Waals surface area contributed by atoms with E-state index < -0.39 is 0 Å².